The summed E-state index contributed by atoms with van der Waals surface area (Å²) >= 11 is 0. The number of hydrogen-bond donors (Lipinski definition) is 2. The Labute approximate surface area is 121 Å². The van der Waals surface area contributed by atoms with Gasteiger partial charge in [-0.05, 0) is 12.8 Å². The summed E-state index contributed by atoms with van der Waals surface area (Å²) in [5.74, 6) is 0. The number of aliphatic hydroxyl groups excluding tert-OH is 1. The first-order chi connectivity index (χ1) is 9.18. The van der Waals surface area contributed by atoms with Gasteiger partial charge in [0.05, 0.1) is 6.61 Å². The first-order valence-electron chi connectivity index (χ1n) is 8.58. The molecule has 0 aromatic heterocycles. The molecule has 19 heavy (non-hydrogen) atoms. The maximum Gasteiger partial charge on any atom is 0.0611 e. The van der Waals surface area contributed by atoms with Gasteiger partial charge in [-0.3, -0.25) is 0 Å². The Kier molecular flexibility index (Phi) is 12.9. The smallest absolute Gasteiger partial charge is 0.0611 e. The van der Waals surface area contributed by atoms with Crippen molar-refractivity contribution >= 4 is 0 Å². The van der Waals surface area contributed by atoms with E-state index < -0.39 is 0 Å². The summed E-state index contributed by atoms with van der Waals surface area (Å²) in [7, 11) is 0. The van der Waals surface area contributed by atoms with Crippen molar-refractivity contribution in [2.24, 2.45) is 5.73 Å². The minimum absolute atomic E-state index is 0.148. The minimum Gasteiger partial charge on any atom is -0.394 e. The number of unbranched alkanes of at least 4 members (excludes halogenated alkanes) is 9. The van der Waals surface area contributed by atoms with E-state index in [1.165, 1.54) is 70.6 Å². The lowest BCUT2D eigenvalue weighted by Gasteiger charge is -2.27. The van der Waals surface area contributed by atoms with E-state index in [2.05, 4.69) is 13.8 Å². The number of nitrogens with two attached hydrogens (primary N) is 1. The van der Waals surface area contributed by atoms with Crippen LogP contribution in [0.3, 0.4) is 0 Å². The third-order valence-electron chi connectivity index (χ3n) is 4.12. The van der Waals surface area contributed by atoms with Gasteiger partial charge in [-0.15, -0.1) is 0 Å². The van der Waals surface area contributed by atoms with Crippen LogP contribution in [0, 0.1) is 0 Å². The van der Waals surface area contributed by atoms with Gasteiger partial charge in [-0.1, -0.05) is 84.5 Å². The van der Waals surface area contributed by atoms with Crippen molar-refractivity contribution in [2.75, 3.05) is 6.61 Å². The van der Waals surface area contributed by atoms with Gasteiger partial charge in [-0.2, -0.15) is 0 Å². The van der Waals surface area contributed by atoms with Gasteiger partial charge < -0.3 is 10.8 Å². The highest BCUT2D eigenvalue weighted by Gasteiger charge is 2.22. The fourth-order valence-electron chi connectivity index (χ4n) is 2.62. The Morgan fingerprint density at radius 2 is 1.05 bits per heavy atom. The maximum absolute atomic E-state index is 9.49. The normalized spacial score (nSPS) is 14.5. The molecule has 2 heteroatoms. The lowest BCUT2D eigenvalue weighted by Crippen LogP contribution is -2.43. The fraction of sp³-hybridized carbons (Fsp3) is 1.00. The fourth-order valence-corrected chi connectivity index (χ4v) is 2.62. The van der Waals surface area contributed by atoms with Gasteiger partial charge in [0.25, 0.3) is 0 Å². The molecule has 0 rings (SSSR count). The van der Waals surface area contributed by atoms with E-state index in [4.69, 9.17) is 5.73 Å². The highest BCUT2D eigenvalue weighted by molar-refractivity contribution is 4.83. The van der Waals surface area contributed by atoms with Crippen LogP contribution in [0.15, 0.2) is 0 Å². The first kappa shape index (κ1) is 18.9. The predicted molar refractivity (Wildman–Crippen MR) is 85.4 cm³/mol. The Balaban J connectivity index is 3.55. The Bertz CT molecular complexity index is 184. The molecule has 0 aliphatic rings. The lowest BCUT2D eigenvalue weighted by atomic mass is 9.88. The maximum atomic E-state index is 9.49. The molecule has 0 aromatic rings. The van der Waals surface area contributed by atoms with E-state index in [9.17, 15) is 5.11 Å². The van der Waals surface area contributed by atoms with Crippen LogP contribution in [-0.4, -0.2) is 17.3 Å². The molecule has 0 fully saturated rings. The van der Waals surface area contributed by atoms with Crippen LogP contribution in [0.1, 0.15) is 97.3 Å². The topological polar surface area (TPSA) is 46.2 Å². The molecule has 0 bridgehead atoms. The summed E-state index contributed by atoms with van der Waals surface area (Å²) in [6, 6.07) is 0. The van der Waals surface area contributed by atoms with Crippen molar-refractivity contribution in [3.63, 3.8) is 0 Å². The summed E-state index contributed by atoms with van der Waals surface area (Å²) in [5, 5.41) is 9.49. The minimum atomic E-state index is -0.308. The molecule has 0 aromatic carbocycles. The molecular weight excluding hydrogens is 234 g/mol. The molecule has 0 saturated carbocycles. The van der Waals surface area contributed by atoms with Crippen LogP contribution in [0.4, 0.5) is 0 Å². The third kappa shape index (κ3) is 11.4. The van der Waals surface area contributed by atoms with Gasteiger partial charge in [0.15, 0.2) is 0 Å². The van der Waals surface area contributed by atoms with Crippen LogP contribution < -0.4 is 5.73 Å². The van der Waals surface area contributed by atoms with E-state index in [0.29, 0.717) is 0 Å². The van der Waals surface area contributed by atoms with Gasteiger partial charge in [0, 0.05) is 5.54 Å². The molecule has 3 N–H and O–H groups in total. The van der Waals surface area contributed by atoms with Gasteiger partial charge in [0.2, 0.25) is 0 Å². The van der Waals surface area contributed by atoms with E-state index in [-0.39, 0.29) is 12.1 Å². The van der Waals surface area contributed by atoms with E-state index in [1.54, 1.807) is 0 Å². The quantitative estimate of drug-likeness (QED) is 0.446. The SMILES string of the molecule is CCCCCCCCCC(N)(CO)CCCCCC. The first-order valence-corrected chi connectivity index (χ1v) is 8.58. The molecule has 1 atom stereocenters. The Morgan fingerprint density at radius 3 is 1.47 bits per heavy atom. The predicted octanol–water partition coefficient (Wildman–Crippen LogP) is 4.79. The van der Waals surface area contributed by atoms with Crippen LogP contribution in [0.2, 0.25) is 0 Å². The highest BCUT2D eigenvalue weighted by atomic mass is 16.3. The highest BCUT2D eigenvalue weighted by Crippen LogP contribution is 2.20. The standard InChI is InChI=1S/C17H37NO/c1-3-5-7-9-10-11-13-15-17(18,16-19)14-12-8-6-4-2/h19H,3-16,18H2,1-2H3. The van der Waals surface area contributed by atoms with Gasteiger partial charge in [0.1, 0.15) is 0 Å². The molecule has 0 heterocycles. The monoisotopic (exact) mass is 271 g/mol. The van der Waals surface area contributed by atoms with Crippen LogP contribution >= 0.6 is 0 Å². The molecule has 1 unspecified atom stereocenters. The average molecular weight is 271 g/mol. The Morgan fingerprint density at radius 1 is 0.684 bits per heavy atom. The zero-order valence-corrected chi connectivity index (χ0v) is 13.4. The number of rotatable bonds is 14. The second-order valence-electron chi connectivity index (χ2n) is 6.20. The second kappa shape index (κ2) is 12.9. The van der Waals surface area contributed by atoms with Gasteiger partial charge >= 0.3 is 0 Å². The molecule has 0 radical (unpaired) electrons. The number of hydrogen-bond acceptors (Lipinski definition) is 2. The molecule has 0 amide bonds. The van der Waals surface area contributed by atoms with Crippen molar-refractivity contribution in [1.29, 1.82) is 0 Å². The summed E-state index contributed by atoms with van der Waals surface area (Å²) in [4.78, 5) is 0. The third-order valence-corrected chi connectivity index (χ3v) is 4.12. The summed E-state index contributed by atoms with van der Waals surface area (Å²) in [6.07, 6.45) is 16.2. The van der Waals surface area contributed by atoms with Crippen molar-refractivity contribution in [1.82, 2.24) is 0 Å². The van der Waals surface area contributed by atoms with Crippen LogP contribution in [0.25, 0.3) is 0 Å². The molecular formula is C17H37NO. The largest absolute Gasteiger partial charge is 0.394 e. The zero-order chi connectivity index (χ0) is 14.4. The molecule has 2 nitrogen and oxygen atoms in total. The van der Waals surface area contributed by atoms with Gasteiger partial charge in [-0.25, -0.2) is 0 Å². The molecule has 0 saturated heterocycles. The number of aliphatic hydroxyl groups is 1. The summed E-state index contributed by atoms with van der Waals surface area (Å²) in [5.41, 5.74) is 5.98. The molecule has 0 aliphatic heterocycles. The van der Waals surface area contributed by atoms with E-state index >= 15 is 0 Å². The molecule has 0 aliphatic carbocycles. The molecule has 0 spiro atoms. The van der Waals surface area contributed by atoms with Crippen LogP contribution in [-0.2, 0) is 0 Å². The zero-order valence-electron chi connectivity index (χ0n) is 13.4. The van der Waals surface area contributed by atoms with Crippen molar-refractivity contribution in [3.8, 4) is 0 Å². The van der Waals surface area contributed by atoms with Crippen molar-refractivity contribution < 1.29 is 5.11 Å². The van der Waals surface area contributed by atoms with Crippen LogP contribution in [0.5, 0.6) is 0 Å². The second-order valence-corrected chi connectivity index (χ2v) is 6.20. The van der Waals surface area contributed by atoms with Crippen molar-refractivity contribution in [2.45, 2.75) is 103 Å². The summed E-state index contributed by atoms with van der Waals surface area (Å²) < 4.78 is 0. The summed E-state index contributed by atoms with van der Waals surface area (Å²) in [6.45, 7) is 4.62. The Hall–Kier alpha value is -0.0800. The lowest BCUT2D eigenvalue weighted by molar-refractivity contribution is 0.171. The van der Waals surface area contributed by atoms with Crippen molar-refractivity contribution in [3.05, 3.63) is 0 Å². The van der Waals surface area contributed by atoms with E-state index in [0.717, 1.165) is 12.8 Å². The molecule has 116 valence electrons. The average Bonchev–Trinajstić information content (AvgIpc) is 2.43. The van der Waals surface area contributed by atoms with E-state index in [1.807, 2.05) is 0 Å².